The van der Waals surface area contributed by atoms with Gasteiger partial charge in [0.15, 0.2) is 12.4 Å². The van der Waals surface area contributed by atoms with Crippen LogP contribution in [0.2, 0.25) is 0 Å². The van der Waals surface area contributed by atoms with Crippen molar-refractivity contribution in [1.29, 1.82) is 0 Å². The normalized spacial score (nSPS) is 12.1. The number of ether oxygens (including phenoxy) is 1. The number of aldehydes is 1. The number of rotatable bonds is 7. The molecule has 0 aliphatic rings. The van der Waals surface area contributed by atoms with Crippen molar-refractivity contribution >= 4 is 28.1 Å². The van der Waals surface area contributed by atoms with Crippen LogP contribution in [0.3, 0.4) is 0 Å². The molecule has 0 aromatic heterocycles. The third-order valence-corrected chi connectivity index (χ3v) is 3.60. The Bertz CT molecular complexity index is 472. The SMILES string of the molecule is CCC(CC)NC(=O)C(C)Oc1ccc(Br)cc1C=O. The number of amides is 1. The first-order valence-electron chi connectivity index (χ1n) is 6.73. The minimum absolute atomic E-state index is 0.156. The van der Waals surface area contributed by atoms with Crippen LogP contribution in [0.15, 0.2) is 22.7 Å². The Morgan fingerprint density at radius 2 is 2.05 bits per heavy atom. The fourth-order valence-corrected chi connectivity index (χ4v) is 2.15. The van der Waals surface area contributed by atoms with E-state index in [-0.39, 0.29) is 11.9 Å². The van der Waals surface area contributed by atoms with Crippen LogP contribution < -0.4 is 10.1 Å². The summed E-state index contributed by atoms with van der Waals surface area (Å²) in [6.45, 7) is 5.73. The van der Waals surface area contributed by atoms with Gasteiger partial charge in [-0.1, -0.05) is 29.8 Å². The van der Waals surface area contributed by atoms with Gasteiger partial charge in [0.05, 0.1) is 5.56 Å². The fraction of sp³-hybridized carbons (Fsp3) is 0.467. The number of hydrogen-bond acceptors (Lipinski definition) is 3. The van der Waals surface area contributed by atoms with E-state index in [1.165, 1.54) is 0 Å². The predicted molar refractivity (Wildman–Crippen MR) is 82.1 cm³/mol. The van der Waals surface area contributed by atoms with Gasteiger partial charge >= 0.3 is 0 Å². The molecule has 1 atom stereocenters. The van der Waals surface area contributed by atoms with Crippen molar-refractivity contribution in [2.75, 3.05) is 0 Å². The lowest BCUT2D eigenvalue weighted by molar-refractivity contribution is -0.128. The van der Waals surface area contributed by atoms with E-state index in [1.807, 2.05) is 13.8 Å². The molecule has 0 saturated carbocycles. The Labute approximate surface area is 128 Å². The molecule has 0 spiro atoms. The summed E-state index contributed by atoms with van der Waals surface area (Å²) in [4.78, 5) is 23.0. The highest BCUT2D eigenvalue weighted by Gasteiger charge is 2.18. The summed E-state index contributed by atoms with van der Waals surface area (Å²) in [7, 11) is 0. The highest BCUT2D eigenvalue weighted by atomic mass is 79.9. The molecule has 1 unspecified atom stereocenters. The van der Waals surface area contributed by atoms with Crippen LogP contribution in [0.4, 0.5) is 0 Å². The molecule has 20 heavy (non-hydrogen) atoms. The van der Waals surface area contributed by atoms with E-state index < -0.39 is 6.10 Å². The largest absolute Gasteiger partial charge is 0.480 e. The van der Waals surface area contributed by atoms with E-state index in [9.17, 15) is 9.59 Å². The molecule has 0 saturated heterocycles. The maximum atomic E-state index is 12.0. The first-order chi connectivity index (χ1) is 9.51. The van der Waals surface area contributed by atoms with E-state index in [0.29, 0.717) is 17.6 Å². The summed E-state index contributed by atoms with van der Waals surface area (Å²) in [5.74, 6) is 0.244. The lowest BCUT2D eigenvalue weighted by Gasteiger charge is -2.20. The van der Waals surface area contributed by atoms with Crippen LogP contribution in [-0.2, 0) is 4.79 Å². The van der Waals surface area contributed by atoms with Crippen molar-refractivity contribution in [3.05, 3.63) is 28.2 Å². The van der Waals surface area contributed by atoms with E-state index in [0.717, 1.165) is 17.3 Å². The molecule has 0 fully saturated rings. The average Bonchev–Trinajstić information content (AvgIpc) is 2.45. The molecule has 110 valence electrons. The molecule has 5 heteroatoms. The molecular weight excluding hydrogens is 322 g/mol. The van der Waals surface area contributed by atoms with Gasteiger partial charge in [0.25, 0.3) is 5.91 Å². The van der Waals surface area contributed by atoms with Gasteiger partial charge in [0.2, 0.25) is 0 Å². The van der Waals surface area contributed by atoms with Gasteiger partial charge in [-0.05, 0) is 38.0 Å². The van der Waals surface area contributed by atoms with Crippen LogP contribution in [0.5, 0.6) is 5.75 Å². The average molecular weight is 342 g/mol. The fourth-order valence-electron chi connectivity index (χ4n) is 1.77. The Hall–Kier alpha value is -1.36. The van der Waals surface area contributed by atoms with Crippen LogP contribution in [0.1, 0.15) is 44.0 Å². The zero-order chi connectivity index (χ0) is 15.1. The number of nitrogens with one attached hydrogen (secondary N) is 1. The smallest absolute Gasteiger partial charge is 0.260 e. The monoisotopic (exact) mass is 341 g/mol. The summed E-state index contributed by atoms with van der Waals surface area (Å²) < 4.78 is 6.37. The summed E-state index contributed by atoms with van der Waals surface area (Å²) in [6.07, 6.45) is 1.83. The highest BCUT2D eigenvalue weighted by molar-refractivity contribution is 9.10. The lowest BCUT2D eigenvalue weighted by Crippen LogP contribution is -2.42. The highest BCUT2D eigenvalue weighted by Crippen LogP contribution is 2.22. The Kier molecular flexibility index (Phi) is 6.71. The summed E-state index contributed by atoms with van der Waals surface area (Å²) in [5, 5.41) is 2.92. The number of carbonyl (C=O) groups is 2. The molecule has 0 aliphatic carbocycles. The first kappa shape index (κ1) is 16.7. The molecule has 0 radical (unpaired) electrons. The zero-order valence-corrected chi connectivity index (χ0v) is 13.6. The van der Waals surface area contributed by atoms with Gasteiger partial charge in [0, 0.05) is 10.5 Å². The second-order valence-corrected chi connectivity index (χ2v) is 5.50. The number of benzene rings is 1. The molecule has 0 bridgehead atoms. The van der Waals surface area contributed by atoms with Crippen molar-refractivity contribution in [3.63, 3.8) is 0 Å². The van der Waals surface area contributed by atoms with Crippen molar-refractivity contribution in [1.82, 2.24) is 5.32 Å². The van der Waals surface area contributed by atoms with Gasteiger partial charge in [-0.3, -0.25) is 9.59 Å². The summed E-state index contributed by atoms with van der Waals surface area (Å²) >= 11 is 3.29. The number of carbonyl (C=O) groups excluding carboxylic acids is 2. The molecule has 0 heterocycles. The first-order valence-corrected chi connectivity index (χ1v) is 7.52. The minimum Gasteiger partial charge on any atom is -0.480 e. The summed E-state index contributed by atoms with van der Waals surface area (Å²) in [6, 6.07) is 5.26. The summed E-state index contributed by atoms with van der Waals surface area (Å²) in [5.41, 5.74) is 0.418. The number of hydrogen-bond donors (Lipinski definition) is 1. The standard InChI is InChI=1S/C15H20BrNO3/c1-4-13(5-2)17-15(19)10(3)20-14-7-6-12(16)8-11(14)9-18/h6-10,13H,4-5H2,1-3H3,(H,17,19). The van der Waals surface area contributed by atoms with Gasteiger partial charge in [-0.25, -0.2) is 0 Å². The van der Waals surface area contributed by atoms with Crippen molar-refractivity contribution in [2.24, 2.45) is 0 Å². The van der Waals surface area contributed by atoms with Crippen LogP contribution in [0, 0.1) is 0 Å². The van der Waals surface area contributed by atoms with Gasteiger partial charge in [-0.2, -0.15) is 0 Å². The molecule has 1 N–H and O–H groups in total. The topological polar surface area (TPSA) is 55.4 Å². The molecule has 4 nitrogen and oxygen atoms in total. The van der Waals surface area contributed by atoms with E-state index in [1.54, 1.807) is 25.1 Å². The van der Waals surface area contributed by atoms with Crippen LogP contribution in [-0.4, -0.2) is 24.3 Å². The Morgan fingerprint density at radius 3 is 2.60 bits per heavy atom. The molecule has 1 amide bonds. The minimum atomic E-state index is -0.643. The maximum absolute atomic E-state index is 12.0. The zero-order valence-electron chi connectivity index (χ0n) is 12.0. The Balaban J connectivity index is 2.72. The lowest BCUT2D eigenvalue weighted by atomic mass is 10.1. The van der Waals surface area contributed by atoms with E-state index in [4.69, 9.17) is 4.74 Å². The van der Waals surface area contributed by atoms with Crippen LogP contribution in [0.25, 0.3) is 0 Å². The third kappa shape index (κ3) is 4.63. The van der Waals surface area contributed by atoms with Gasteiger partial charge in [-0.15, -0.1) is 0 Å². The molecule has 1 aromatic rings. The van der Waals surface area contributed by atoms with Crippen LogP contribution >= 0.6 is 15.9 Å². The third-order valence-electron chi connectivity index (χ3n) is 3.10. The quantitative estimate of drug-likeness (QED) is 0.774. The molecular formula is C15H20BrNO3. The molecule has 1 aromatic carbocycles. The van der Waals surface area contributed by atoms with Gasteiger partial charge < -0.3 is 10.1 Å². The van der Waals surface area contributed by atoms with Crippen molar-refractivity contribution in [2.45, 2.75) is 45.8 Å². The predicted octanol–water partition coefficient (Wildman–Crippen LogP) is 3.33. The van der Waals surface area contributed by atoms with Crippen molar-refractivity contribution < 1.29 is 14.3 Å². The molecule has 1 rings (SSSR count). The van der Waals surface area contributed by atoms with Crippen molar-refractivity contribution in [3.8, 4) is 5.75 Å². The van der Waals surface area contributed by atoms with E-state index in [2.05, 4.69) is 21.2 Å². The Morgan fingerprint density at radius 1 is 1.40 bits per heavy atom. The second kappa shape index (κ2) is 8.04. The van der Waals surface area contributed by atoms with E-state index >= 15 is 0 Å². The second-order valence-electron chi connectivity index (χ2n) is 4.58. The maximum Gasteiger partial charge on any atom is 0.260 e. The molecule has 0 aliphatic heterocycles. The number of halogens is 1. The van der Waals surface area contributed by atoms with Gasteiger partial charge in [0.1, 0.15) is 5.75 Å².